The number of hydrogen-bond donors (Lipinski definition) is 1. The first-order valence-corrected chi connectivity index (χ1v) is 7.44. The molecule has 1 heterocycles. The molecule has 2 aromatic rings. The smallest absolute Gasteiger partial charge is 0.126 e. The Morgan fingerprint density at radius 3 is 2.65 bits per heavy atom. The summed E-state index contributed by atoms with van der Waals surface area (Å²) < 4.78 is 13.7. The van der Waals surface area contributed by atoms with E-state index in [0.717, 1.165) is 22.0 Å². The highest BCUT2D eigenvalue weighted by atomic mass is 32.1. The average molecular weight is 293 g/mol. The number of thiazole rings is 1. The lowest BCUT2D eigenvalue weighted by Gasteiger charge is -2.24. The summed E-state index contributed by atoms with van der Waals surface area (Å²) in [6, 6.07) is 3.19. The molecule has 0 saturated carbocycles. The molecule has 0 aliphatic carbocycles. The van der Waals surface area contributed by atoms with Gasteiger partial charge in [0.25, 0.3) is 0 Å². The number of halogens is 1. The highest BCUT2D eigenvalue weighted by Gasteiger charge is 2.15. The molecule has 5 heteroatoms. The molecule has 0 fully saturated rings. The fourth-order valence-electron chi connectivity index (χ4n) is 2.19. The maximum atomic E-state index is 13.7. The number of nitrogens with zero attached hydrogens (tertiary/aromatic N) is 2. The van der Waals surface area contributed by atoms with Crippen LogP contribution in [0.15, 0.2) is 17.5 Å². The normalized spacial score (nSPS) is 12.5. The van der Waals surface area contributed by atoms with Crippen LogP contribution in [0, 0.1) is 19.7 Å². The first-order chi connectivity index (χ1) is 9.38. The standard InChI is InChI=1S/C15H20FN3S/c1-9-5-15(13(10(2)17)6-14(9)16)19(4)7-12-8-20-11(3)18-12/h5-6,8,10H,7,17H2,1-4H3/t10-/m0/s1. The quantitative estimate of drug-likeness (QED) is 0.937. The topological polar surface area (TPSA) is 42.2 Å². The molecular weight excluding hydrogens is 273 g/mol. The van der Waals surface area contributed by atoms with Crippen LogP contribution in [0.2, 0.25) is 0 Å². The van der Waals surface area contributed by atoms with Crippen LogP contribution in [-0.4, -0.2) is 12.0 Å². The Bertz CT molecular complexity index is 607. The molecule has 0 spiro atoms. The molecule has 0 radical (unpaired) electrons. The molecule has 3 nitrogen and oxygen atoms in total. The molecule has 1 aromatic heterocycles. The van der Waals surface area contributed by atoms with Gasteiger partial charge in [-0.2, -0.15) is 0 Å². The van der Waals surface area contributed by atoms with Gasteiger partial charge in [-0.1, -0.05) is 0 Å². The monoisotopic (exact) mass is 293 g/mol. The SMILES string of the molecule is Cc1nc(CN(C)c2cc(C)c(F)cc2[C@H](C)N)cs1. The number of rotatable bonds is 4. The first-order valence-electron chi connectivity index (χ1n) is 6.56. The van der Waals surface area contributed by atoms with E-state index < -0.39 is 0 Å². The Kier molecular flexibility index (Phi) is 4.40. The van der Waals surface area contributed by atoms with E-state index in [4.69, 9.17) is 5.73 Å². The molecule has 108 valence electrons. The predicted octanol–water partition coefficient (Wildman–Crippen LogP) is 3.56. The van der Waals surface area contributed by atoms with Gasteiger partial charge in [0.05, 0.1) is 17.2 Å². The Hall–Kier alpha value is -1.46. The predicted molar refractivity (Wildman–Crippen MR) is 82.7 cm³/mol. The summed E-state index contributed by atoms with van der Waals surface area (Å²) >= 11 is 1.64. The van der Waals surface area contributed by atoms with E-state index in [0.29, 0.717) is 12.1 Å². The van der Waals surface area contributed by atoms with Crippen molar-refractivity contribution in [3.05, 3.63) is 45.2 Å². The summed E-state index contributed by atoms with van der Waals surface area (Å²) in [4.78, 5) is 6.53. The van der Waals surface area contributed by atoms with Crippen molar-refractivity contribution >= 4 is 17.0 Å². The van der Waals surface area contributed by atoms with Crippen molar-refractivity contribution in [3.63, 3.8) is 0 Å². The second-order valence-corrected chi connectivity index (χ2v) is 6.23. The van der Waals surface area contributed by atoms with E-state index in [-0.39, 0.29) is 11.9 Å². The summed E-state index contributed by atoms with van der Waals surface area (Å²) in [6.45, 7) is 6.32. The minimum absolute atomic E-state index is 0.209. The van der Waals surface area contributed by atoms with Crippen molar-refractivity contribution in [2.75, 3.05) is 11.9 Å². The molecule has 1 atom stereocenters. The van der Waals surface area contributed by atoms with Gasteiger partial charge in [0.15, 0.2) is 0 Å². The van der Waals surface area contributed by atoms with Crippen LogP contribution in [0.25, 0.3) is 0 Å². The van der Waals surface area contributed by atoms with Gasteiger partial charge in [0.1, 0.15) is 5.82 Å². The van der Waals surface area contributed by atoms with E-state index in [1.54, 1.807) is 18.3 Å². The van der Waals surface area contributed by atoms with Crippen molar-refractivity contribution in [1.29, 1.82) is 0 Å². The molecule has 0 amide bonds. The first kappa shape index (κ1) is 14.9. The second-order valence-electron chi connectivity index (χ2n) is 5.16. The second kappa shape index (κ2) is 5.89. The van der Waals surface area contributed by atoms with E-state index in [1.807, 2.05) is 32.3 Å². The van der Waals surface area contributed by atoms with Crippen LogP contribution in [0.5, 0.6) is 0 Å². The van der Waals surface area contributed by atoms with Gasteiger partial charge in [-0.25, -0.2) is 9.37 Å². The molecule has 0 aliphatic rings. The van der Waals surface area contributed by atoms with Crippen LogP contribution in [0.3, 0.4) is 0 Å². The van der Waals surface area contributed by atoms with E-state index in [2.05, 4.69) is 9.88 Å². The zero-order valence-electron chi connectivity index (χ0n) is 12.3. The summed E-state index contributed by atoms with van der Waals surface area (Å²) in [5, 5.41) is 3.10. The van der Waals surface area contributed by atoms with Crippen LogP contribution < -0.4 is 10.6 Å². The highest BCUT2D eigenvalue weighted by Crippen LogP contribution is 2.28. The Balaban J connectivity index is 2.33. The lowest BCUT2D eigenvalue weighted by molar-refractivity contribution is 0.612. The van der Waals surface area contributed by atoms with Crippen molar-refractivity contribution in [2.24, 2.45) is 5.73 Å². The summed E-state index contributed by atoms with van der Waals surface area (Å²) in [6.07, 6.45) is 0. The van der Waals surface area contributed by atoms with E-state index >= 15 is 0 Å². The van der Waals surface area contributed by atoms with E-state index in [1.165, 1.54) is 6.07 Å². The molecule has 0 saturated heterocycles. The summed E-state index contributed by atoms with van der Waals surface area (Å²) in [7, 11) is 1.98. The van der Waals surface area contributed by atoms with Gasteiger partial charge in [-0.15, -0.1) is 11.3 Å². The van der Waals surface area contributed by atoms with Crippen molar-refractivity contribution in [2.45, 2.75) is 33.4 Å². The average Bonchev–Trinajstić information content (AvgIpc) is 2.77. The van der Waals surface area contributed by atoms with Crippen LogP contribution >= 0.6 is 11.3 Å². The van der Waals surface area contributed by atoms with Crippen molar-refractivity contribution < 1.29 is 4.39 Å². The van der Waals surface area contributed by atoms with Crippen LogP contribution in [0.4, 0.5) is 10.1 Å². The number of anilines is 1. The number of aryl methyl sites for hydroxylation is 2. The van der Waals surface area contributed by atoms with Crippen LogP contribution in [-0.2, 0) is 6.54 Å². The Morgan fingerprint density at radius 1 is 1.40 bits per heavy atom. The molecule has 0 unspecified atom stereocenters. The zero-order chi connectivity index (χ0) is 14.9. The third-order valence-electron chi connectivity index (χ3n) is 3.28. The third kappa shape index (κ3) is 3.16. The molecule has 0 bridgehead atoms. The zero-order valence-corrected chi connectivity index (χ0v) is 13.1. The Morgan fingerprint density at radius 2 is 2.10 bits per heavy atom. The van der Waals surface area contributed by atoms with Crippen LogP contribution in [0.1, 0.15) is 34.8 Å². The lowest BCUT2D eigenvalue weighted by Crippen LogP contribution is -2.21. The van der Waals surface area contributed by atoms with Gasteiger partial charge in [0, 0.05) is 24.2 Å². The van der Waals surface area contributed by atoms with Crippen molar-refractivity contribution in [3.8, 4) is 0 Å². The van der Waals surface area contributed by atoms with Gasteiger partial charge in [-0.05, 0) is 44.0 Å². The number of nitrogens with two attached hydrogens (primary N) is 1. The maximum absolute atomic E-state index is 13.7. The Labute approximate surface area is 123 Å². The summed E-state index contributed by atoms with van der Waals surface area (Å²) in [5.74, 6) is -0.209. The number of benzene rings is 1. The maximum Gasteiger partial charge on any atom is 0.126 e. The molecule has 1 aromatic carbocycles. The van der Waals surface area contributed by atoms with E-state index in [9.17, 15) is 4.39 Å². The summed E-state index contributed by atoms with van der Waals surface area (Å²) in [5.41, 5.74) is 9.40. The largest absolute Gasteiger partial charge is 0.368 e. The number of aromatic nitrogens is 1. The van der Waals surface area contributed by atoms with Gasteiger partial charge < -0.3 is 10.6 Å². The number of hydrogen-bond acceptors (Lipinski definition) is 4. The lowest BCUT2D eigenvalue weighted by atomic mass is 10.0. The minimum atomic E-state index is -0.209. The minimum Gasteiger partial charge on any atom is -0.368 e. The third-order valence-corrected chi connectivity index (χ3v) is 4.10. The molecule has 2 rings (SSSR count). The molecular formula is C15H20FN3S. The molecule has 0 aliphatic heterocycles. The highest BCUT2D eigenvalue weighted by molar-refractivity contribution is 7.09. The van der Waals surface area contributed by atoms with Gasteiger partial charge >= 0.3 is 0 Å². The fourth-order valence-corrected chi connectivity index (χ4v) is 2.79. The van der Waals surface area contributed by atoms with Gasteiger partial charge in [0.2, 0.25) is 0 Å². The van der Waals surface area contributed by atoms with Gasteiger partial charge in [-0.3, -0.25) is 0 Å². The molecule has 2 N–H and O–H groups in total. The molecule has 20 heavy (non-hydrogen) atoms. The fraction of sp³-hybridized carbons (Fsp3) is 0.400. The van der Waals surface area contributed by atoms with Crippen molar-refractivity contribution in [1.82, 2.24) is 4.98 Å².